The van der Waals surface area contributed by atoms with Crippen molar-refractivity contribution in [1.29, 1.82) is 0 Å². The van der Waals surface area contributed by atoms with E-state index in [4.69, 9.17) is 9.72 Å². The molecule has 3 saturated heterocycles. The van der Waals surface area contributed by atoms with Gasteiger partial charge in [0, 0.05) is 81.8 Å². The number of piperidine rings is 2. The zero-order valence-corrected chi connectivity index (χ0v) is 39.5. The minimum atomic E-state index is -2.70. The summed E-state index contributed by atoms with van der Waals surface area (Å²) >= 11 is 5.14. The predicted octanol–water partition coefficient (Wildman–Crippen LogP) is 8.09. The number of halogens is 3. The van der Waals surface area contributed by atoms with Crippen molar-refractivity contribution in [2.24, 2.45) is 0 Å². The maximum Gasteiger partial charge on any atom is 0.234 e. The predicted molar refractivity (Wildman–Crippen MR) is 251 cm³/mol. The molecule has 1 unspecified atom stereocenters. The summed E-state index contributed by atoms with van der Waals surface area (Å²) in [6, 6.07) is 11.2. The molecule has 3 aromatic carbocycles. The number of rotatable bonds is 13. The molecule has 2 aromatic heterocycles. The molecule has 0 saturated carbocycles. The molecule has 0 bridgehead atoms. The number of methoxy groups -OCH3 is 1. The average molecular weight is 965 g/mol. The number of hydrogen-bond acceptors (Lipinski definition) is 13. The summed E-state index contributed by atoms with van der Waals surface area (Å²) in [5.74, 6) is -1.93. The summed E-state index contributed by atoms with van der Waals surface area (Å²) in [7, 11) is -1.03. The van der Waals surface area contributed by atoms with E-state index in [-0.39, 0.29) is 18.4 Å². The van der Waals surface area contributed by atoms with E-state index < -0.39 is 36.5 Å². The Balaban J connectivity index is 0.868. The Kier molecular flexibility index (Phi) is 13.5. The highest BCUT2D eigenvalue weighted by Gasteiger charge is 2.33. The van der Waals surface area contributed by atoms with E-state index in [0.29, 0.717) is 52.2 Å². The molecule has 63 heavy (non-hydrogen) atoms. The Bertz CT molecular complexity index is 2570. The first-order valence-corrected chi connectivity index (χ1v) is 25.7. The van der Waals surface area contributed by atoms with Crippen molar-refractivity contribution >= 4 is 90.6 Å². The molecule has 2 amide bonds. The van der Waals surface area contributed by atoms with Crippen molar-refractivity contribution < 1.29 is 27.7 Å². The molecule has 0 spiro atoms. The van der Waals surface area contributed by atoms with Crippen LogP contribution in [0.5, 0.6) is 5.75 Å². The Morgan fingerprint density at radius 3 is 2.37 bits per heavy atom. The summed E-state index contributed by atoms with van der Waals surface area (Å²) in [5, 5.41) is 10.7. The number of piperazine rings is 1. The molecule has 3 N–H and O–H groups in total. The number of aromatic nitrogens is 3. The molecule has 5 heterocycles. The Hall–Kier alpha value is -4.54. The highest BCUT2D eigenvalue weighted by Crippen LogP contribution is 2.44. The summed E-state index contributed by atoms with van der Waals surface area (Å²) in [5.41, 5.74) is 4.95. The lowest BCUT2D eigenvalue weighted by atomic mass is 9.89. The molecule has 334 valence electrons. The molecule has 8 rings (SSSR count). The van der Waals surface area contributed by atoms with Crippen LogP contribution >= 0.6 is 34.4 Å². The topological polar surface area (TPSA) is 145 Å². The fourth-order valence-corrected chi connectivity index (χ4v) is 12.4. The number of benzene rings is 3. The fourth-order valence-electron chi connectivity index (χ4n) is 9.14. The van der Waals surface area contributed by atoms with E-state index >= 15 is 8.78 Å². The molecular formula is C45H53BrF2N9O4PS. The van der Waals surface area contributed by atoms with Crippen LogP contribution in [0.15, 0.2) is 47.1 Å². The minimum Gasteiger partial charge on any atom is -0.494 e. The number of carbonyl (C=O) groups excluding carboxylic acids is 2. The first kappa shape index (κ1) is 45.0. The van der Waals surface area contributed by atoms with Crippen LogP contribution in [0.1, 0.15) is 60.2 Å². The van der Waals surface area contributed by atoms with Crippen LogP contribution in [0.2, 0.25) is 0 Å². The number of ether oxygens (including phenoxy) is 1. The van der Waals surface area contributed by atoms with Gasteiger partial charge in [-0.2, -0.15) is 4.98 Å². The number of amides is 2. The maximum atomic E-state index is 15.1. The second-order valence-corrected chi connectivity index (χ2v) is 22.1. The van der Waals surface area contributed by atoms with Gasteiger partial charge < -0.3 is 29.7 Å². The molecule has 13 nitrogen and oxygen atoms in total. The minimum absolute atomic E-state index is 0.0651. The zero-order chi connectivity index (χ0) is 44.6. The fraction of sp³-hybridized carbons (Fsp3) is 0.444. The molecular weight excluding hydrogens is 911 g/mol. The highest BCUT2D eigenvalue weighted by molar-refractivity contribution is 9.10. The molecule has 0 radical (unpaired) electrons. The molecule has 1 atom stereocenters. The molecule has 3 fully saturated rings. The van der Waals surface area contributed by atoms with Crippen LogP contribution in [0.25, 0.3) is 10.2 Å². The van der Waals surface area contributed by atoms with Crippen LogP contribution in [-0.4, -0.2) is 109 Å². The van der Waals surface area contributed by atoms with Crippen LogP contribution < -0.4 is 30.9 Å². The lowest BCUT2D eigenvalue weighted by Gasteiger charge is -2.43. The van der Waals surface area contributed by atoms with Gasteiger partial charge in [-0.3, -0.25) is 19.8 Å². The van der Waals surface area contributed by atoms with Crippen LogP contribution in [0, 0.1) is 18.6 Å². The zero-order valence-electron chi connectivity index (χ0n) is 36.2. The van der Waals surface area contributed by atoms with Crippen molar-refractivity contribution in [1.82, 2.24) is 30.1 Å². The van der Waals surface area contributed by atoms with Crippen molar-refractivity contribution in [3.05, 3.63) is 80.4 Å². The largest absolute Gasteiger partial charge is 0.494 e. The standard InChI is InChI=1S/C45H53BrF2N9O4PS/c1-6-28-23-36(52-45-49-25-31(46)43(54-45)51-34-8-9-35-42(63-26(2)50-35)41(34)62(4,5)60)38(61-3)24-37(28)57-15-12-29(13-16-57)56-19-17-55(18-20-56)14-11-27-21-32(47)40(33(48)22-27)30-7-10-39(58)53-44(30)59/h8-9,21-25,29-30H,6-7,10-20H2,1-5H3,(H,53,58,59)(H2,49,51,52,54). The smallest absolute Gasteiger partial charge is 0.234 e. The van der Waals surface area contributed by atoms with Crippen molar-refractivity contribution in [3.63, 3.8) is 0 Å². The molecule has 18 heteroatoms. The average Bonchev–Trinajstić information content (AvgIpc) is 3.64. The summed E-state index contributed by atoms with van der Waals surface area (Å²) in [6.07, 6.45) is 5.26. The van der Waals surface area contributed by atoms with Gasteiger partial charge in [0.2, 0.25) is 17.8 Å². The molecule has 3 aliphatic heterocycles. The Labute approximate surface area is 378 Å². The van der Waals surface area contributed by atoms with E-state index in [9.17, 15) is 14.2 Å². The van der Waals surface area contributed by atoms with Gasteiger partial charge in [-0.05, 0) is 110 Å². The number of hydrogen-bond donors (Lipinski definition) is 3. The maximum absolute atomic E-state index is 15.1. The number of carbonyl (C=O) groups is 2. The second kappa shape index (κ2) is 18.9. The first-order valence-electron chi connectivity index (χ1n) is 21.4. The lowest BCUT2D eigenvalue weighted by Crippen LogP contribution is -2.53. The van der Waals surface area contributed by atoms with Gasteiger partial charge in [0.25, 0.3) is 0 Å². The Morgan fingerprint density at radius 1 is 0.968 bits per heavy atom. The number of nitrogens with one attached hydrogen (secondary N) is 3. The number of thiazole rings is 1. The van der Waals surface area contributed by atoms with Crippen molar-refractivity contribution in [2.75, 3.05) is 81.8 Å². The second-order valence-electron chi connectivity index (χ2n) is 16.9. The molecule has 0 aliphatic carbocycles. The van der Waals surface area contributed by atoms with E-state index in [0.717, 1.165) is 90.4 Å². The van der Waals surface area contributed by atoms with Gasteiger partial charge in [-0.1, -0.05) is 6.92 Å². The third kappa shape index (κ3) is 9.92. The normalized spacial score (nSPS) is 18.2. The van der Waals surface area contributed by atoms with Crippen LogP contribution in [0.3, 0.4) is 0 Å². The van der Waals surface area contributed by atoms with Gasteiger partial charge in [0.15, 0.2) is 0 Å². The van der Waals surface area contributed by atoms with Gasteiger partial charge >= 0.3 is 0 Å². The summed E-state index contributed by atoms with van der Waals surface area (Å²) in [4.78, 5) is 45.2. The third-order valence-corrected chi connectivity index (χ3v) is 15.7. The van der Waals surface area contributed by atoms with E-state index in [1.165, 1.54) is 29.0 Å². The number of fused-ring (bicyclic) bond motifs is 1. The van der Waals surface area contributed by atoms with Gasteiger partial charge in [0.05, 0.1) is 49.4 Å². The van der Waals surface area contributed by atoms with Gasteiger partial charge in [0.1, 0.15) is 30.3 Å². The number of nitrogens with zero attached hydrogens (tertiary/aromatic N) is 6. The Morgan fingerprint density at radius 2 is 1.70 bits per heavy atom. The quantitative estimate of drug-likeness (QED) is 0.0775. The van der Waals surface area contributed by atoms with Crippen LogP contribution in [0.4, 0.5) is 37.6 Å². The third-order valence-electron chi connectivity index (χ3n) is 12.4. The van der Waals surface area contributed by atoms with Crippen LogP contribution in [-0.2, 0) is 27.0 Å². The van der Waals surface area contributed by atoms with E-state index in [1.54, 1.807) is 26.6 Å². The summed E-state index contributed by atoms with van der Waals surface area (Å²) < 4.78 is 51.3. The first-order chi connectivity index (χ1) is 30.2. The number of aryl methyl sites for hydroxylation is 2. The van der Waals surface area contributed by atoms with Crippen molar-refractivity contribution in [3.8, 4) is 5.75 Å². The monoisotopic (exact) mass is 963 g/mol. The molecule has 3 aliphatic rings. The lowest BCUT2D eigenvalue weighted by molar-refractivity contribution is -0.134. The SMILES string of the molecule is CCc1cc(Nc2ncc(Br)c(Nc3ccc4nc(C)sc4c3P(C)(C)=O)n2)c(OC)cc1N1CCC(N2CCN(CCc3cc(F)c(C4CCC(=O)NC4=O)c(F)c3)CC2)CC1. The molecule has 5 aromatic rings. The van der Waals surface area contributed by atoms with E-state index in [2.05, 4.69) is 75.6 Å². The van der Waals surface area contributed by atoms with E-state index in [1.807, 2.05) is 19.1 Å². The highest BCUT2D eigenvalue weighted by atomic mass is 79.9. The number of imide groups is 1. The number of anilines is 5. The van der Waals surface area contributed by atoms with Gasteiger partial charge in [-0.25, -0.2) is 18.7 Å². The van der Waals surface area contributed by atoms with Gasteiger partial charge in [-0.15, -0.1) is 11.3 Å². The van der Waals surface area contributed by atoms with Crippen molar-refractivity contribution in [2.45, 2.75) is 64.3 Å². The summed E-state index contributed by atoms with van der Waals surface area (Å²) in [6.45, 7) is 13.8.